The summed E-state index contributed by atoms with van der Waals surface area (Å²) >= 11 is 0. The molecule has 4 rings (SSSR count). The van der Waals surface area contributed by atoms with Crippen LogP contribution in [0.15, 0.2) is 84.3 Å². The summed E-state index contributed by atoms with van der Waals surface area (Å²) in [7, 11) is 1.57. The highest BCUT2D eigenvalue weighted by molar-refractivity contribution is 5.88. The summed E-state index contributed by atoms with van der Waals surface area (Å²) in [6.07, 6.45) is 2.89. The van der Waals surface area contributed by atoms with Crippen LogP contribution < -0.4 is 19.9 Å². The van der Waals surface area contributed by atoms with E-state index in [0.29, 0.717) is 16.9 Å². The summed E-state index contributed by atoms with van der Waals surface area (Å²) in [6, 6.07) is 19.8. The highest BCUT2D eigenvalue weighted by Gasteiger charge is 2.31. The standard InChI is InChI=1S/C26H19N3O6/c1-33-19-8-5-16(6-9-19)7-12-24(30)34-20-10-11-21-23(14-20)35-26(28)22(15-27)25(21)17-3-2-4-18(13-17)29(31)32/h2-14,25H,28H2,1H3/b12-7+. The molecule has 9 heteroatoms. The quantitative estimate of drug-likeness (QED) is 0.184. The van der Waals surface area contributed by atoms with Gasteiger partial charge in [0.2, 0.25) is 5.88 Å². The Morgan fingerprint density at radius 1 is 1.14 bits per heavy atom. The van der Waals surface area contributed by atoms with Crippen LogP contribution in [-0.2, 0) is 4.79 Å². The molecular formula is C26H19N3O6. The zero-order valence-corrected chi connectivity index (χ0v) is 18.5. The van der Waals surface area contributed by atoms with Gasteiger partial charge in [-0.3, -0.25) is 10.1 Å². The number of ether oxygens (including phenoxy) is 3. The molecule has 0 spiro atoms. The third-order valence-corrected chi connectivity index (χ3v) is 5.35. The third kappa shape index (κ3) is 4.96. The van der Waals surface area contributed by atoms with Crippen LogP contribution in [0.4, 0.5) is 5.69 Å². The van der Waals surface area contributed by atoms with Crippen molar-refractivity contribution >= 4 is 17.7 Å². The van der Waals surface area contributed by atoms with E-state index in [4.69, 9.17) is 19.9 Å². The van der Waals surface area contributed by atoms with Crippen LogP contribution in [0.25, 0.3) is 6.08 Å². The number of benzene rings is 3. The van der Waals surface area contributed by atoms with Gasteiger partial charge in [0.1, 0.15) is 28.9 Å². The first-order chi connectivity index (χ1) is 16.9. The minimum absolute atomic E-state index is 0.111. The second-order valence-corrected chi connectivity index (χ2v) is 7.50. The van der Waals surface area contributed by atoms with Gasteiger partial charge in [0.25, 0.3) is 5.69 Å². The molecule has 174 valence electrons. The molecule has 35 heavy (non-hydrogen) atoms. The van der Waals surface area contributed by atoms with Crippen molar-refractivity contribution < 1.29 is 23.9 Å². The number of allylic oxidation sites excluding steroid dienone is 1. The molecule has 9 nitrogen and oxygen atoms in total. The van der Waals surface area contributed by atoms with Crippen molar-refractivity contribution in [1.29, 1.82) is 5.26 Å². The number of fused-ring (bicyclic) bond motifs is 1. The smallest absolute Gasteiger partial charge is 0.336 e. The first kappa shape index (κ1) is 23.1. The van der Waals surface area contributed by atoms with E-state index in [-0.39, 0.29) is 28.6 Å². The van der Waals surface area contributed by atoms with Gasteiger partial charge >= 0.3 is 5.97 Å². The van der Waals surface area contributed by atoms with Gasteiger partial charge in [0, 0.05) is 29.8 Å². The Morgan fingerprint density at radius 2 is 1.89 bits per heavy atom. The molecule has 0 radical (unpaired) electrons. The molecule has 2 N–H and O–H groups in total. The van der Waals surface area contributed by atoms with E-state index in [1.54, 1.807) is 61.7 Å². The van der Waals surface area contributed by atoms with Crippen molar-refractivity contribution in [1.82, 2.24) is 0 Å². The second-order valence-electron chi connectivity index (χ2n) is 7.50. The van der Waals surface area contributed by atoms with Gasteiger partial charge in [0.05, 0.1) is 18.0 Å². The molecule has 0 saturated carbocycles. The largest absolute Gasteiger partial charge is 0.497 e. The highest BCUT2D eigenvalue weighted by Crippen LogP contribution is 2.43. The van der Waals surface area contributed by atoms with Crippen molar-refractivity contribution in [2.24, 2.45) is 5.73 Å². The van der Waals surface area contributed by atoms with Gasteiger partial charge in [-0.25, -0.2) is 4.79 Å². The van der Waals surface area contributed by atoms with Crippen molar-refractivity contribution in [2.75, 3.05) is 7.11 Å². The van der Waals surface area contributed by atoms with Gasteiger partial charge in [-0.05, 0) is 35.4 Å². The lowest BCUT2D eigenvalue weighted by molar-refractivity contribution is -0.384. The number of nitro benzene ring substituents is 1. The molecule has 1 atom stereocenters. The molecule has 0 saturated heterocycles. The molecule has 1 heterocycles. The molecule has 1 aliphatic heterocycles. The van der Waals surface area contributed by atoms with Crippen molar-refractivity contribution in [3.63, 3.8) is 0 Å². The Bertz CT molecular complexity index is 1400. The lowest BCUT2D eigenvalue weighted by atomic mass is 9.83. The van der Waals surface area contributed by atoms with E-state index in [2.05, 4.69) is 0 Å². The number of rotatable bonds is 6. The molecule has 3 aromatic carbocycles. The van der Waals surface area contributed by atoms with E-state index >= 15 is 0 Å². The summed E-state index contributed by atoms with van der Waals surface area (Å²) in [5.74, 6) is -0.215. The SMILES string of the molecule is COc1ccc(/C=C/C(=O)Oc2ccc3c(c2)OC(N)=C(C#N)C3c2cccc([N+](=O)[O-])c2)cc1. The Kier molecular flexibility index (Phi) is 6.46. The third-order valence-electron chi connectivity index (χ3n) is 5.35. The molecule has 0 fully saturated rings. The minimum Gasteiger partial charge on any atom is -0.497 e. The summed E-state index contributed by atoms with van der Waals surface area (Å²) in [5, 5.41) is 20.9. The molecule has 0 amide bonds. The van der Waals surface area contributed by atoms with Crippen LogP contribution in [0.5, 0.6) is 17.2 Å². The van der Waals surface area contributed by atoms with Crippen LogP contribution in [0.1, 0.15) is 22.6 Å². The molecule has 1 unspecified atom stereocenters. The summed E-state index contributed by atoms with van der Waals surface area (Å²) in [4.78, 5) is 23.0. The monoisotopic (exact) mass is 469 g/mol. The van der Waals surface area contributed by atoms with Gasteiger partial charge in [-0.1, -0.05) is 30.3 Å². The van der Waals surface area contributed by atoms with E-state index in [1.165, 1.54) is 24.3 Å². The molecule has 0 aliphatic carbocycles. The van der Waals surface area contributed by atoms with E-state index < -0.39 is 16.8 Å². The first-order valence-corrected chi connectivity index (χ1v) is 10.4. The predicted octanol–water partition coefficient (Wildman–Crippen LogP) is 4.44. The van der Waals surface area contributed by atoms with Crippen LogP contribution >= 0.6 is 0 Å². The number of carbonyl (C=O) groups excluding carboxylic acids is 1. The summed E-state index contributed by atoms with van der Waals surface area (Å²) in [6.45, 7) is 0. The highest BCUT2D eigenvalue weighted by atomic mass is 16.6. The van der Waals surface area contributed by atoms with Gasteiger partial charge in [0.15, 0.2) is 0 Å². The predicted molar refractivity (Wildman–Crippen MR) is 126 cm³/mol. The molecule has 0 aromatic heterocycles. The van der Waals surface area contributed by atoms with E-state index in [0.717, 1.165) is 5.56 Å². The number of hydrogen-bond donors (Lipinski definition) is 1. The fraction of sp³-hybridized carbons (Fsp3) is 0.0769. The number of nitrogens with zero attached hydrogens (tertiary/aromatic N) is 2. The maximum Gasteiger partial charge on any atom is 0.336 e. The number of nitriles is 1. The van der Waals surface area contributed by atoms with Crippen LogP contribution in [0.2, 0.25) is 0 Å². The van der Waals surface area contributed by atoms with Crippen LogP contribution in [0.3, 0.4) is 0 Å². The first-order valence-electron chi connectivity index (χ1n) is 10.4. The zero-order chi connectivity index (χ0) is 24.9. The topological polar surface area (TPSA) is 138 Å². The van der Waals surface area contributed by atoms with Gasteiger partial charge < -0.3 is 19.9 Å². The Labute approximate surface area is 200 Å². The number of methoxy groups -OCH3 is 1. The molecule has 1 aliphatic rings. The lowest BCUT2D eigenvalue weighted by Crippen LogP contribution is -2.21. The van der Waals surface area contributed by atoms with Gasteiger partial charge in [-0.2, -0.15) is 5.26 Å². The average Bonchev–Trinajstić information content (AvgIpc) is 2.87. The number of nitro groups is 1. The normalized spacial score (nSPS) is 14.6. The van der Waals surface area contributed by atoms with Crippen LogP contribution in [0, 0.1) is 21.4 Å². The van der Waals surface area contributed by atoms with Crippen LogP contribution in [-0.4, -0.2) is 18.0 Å². The van der Waals surface area contributed by atoms with Crippen molar-refractivity contribution in [3.05, 3.63) is 111 Å². The second kappa shape index (κ2) is 9.80. The molecule has 3 aromatic rings. The number of hydrogen-bond acceptors (Lipinski definition) is 8. The van der Waals surface area contributed by atoms with Gasteiger partial charge in [-0.15, -0.1) is 0 Å². The van der Waals surface area contributed by atoms with Crippen molar-refractivity contribution in [3.8, 4) is 23.3 Å². The summed E-state index contributed by atoms with van der Waals surface area (Å²) < 4.78 is 16.1. The molecule has 0 bridgehead atoms. The Hall–Kier alpha value is -5.10. The maximum absolute atomic E-state index is 12.3. The molecular weight excluding hydrogens is 450 g/mol. The summed E-state index contributed by atoms with van der Waals surface area (Å²) in [5.41, 5.74) is 7.87. The number of nitrogens with two attached hydrogens (primary N) is 1. The lowest BCUT2D eigenvalue weighted by Gasteiger charge is -2.26. The fourth-order valence-corrected chi connectivity index (χ4v) is 3.69. The number of esters is 1. The van der Waals surface area contributed by atoms with E-state index in [1.807, 2.05) is 6.07 Å². The Balaban J connectivity index is 1.59. The number of carbonyl (C=O) groups is 1. The van der Waals surface area contributed by atoms with Crippen molar-refractivity contribution in [2.45, 2.75) is 5.92 Å². The fourth-order valence-electron chi connectivity index (χ4n) is 3.69. The maximum atomic E-state index is 12.3. The van der Waals surface area contributed by atoms with E-state index in [9.17, 15) is 20.2 Å². The zero-order valence-electron chi connectivity index (χ0n) is 18.5. The number of non-ortho nitro benzene ring substituents is 1. The average molecular weight is 469 g/mol. The Morgan fingerprint density at radius 3 is 2.57 bits per heavy atom. The minimum atomic E-state index is -0.677.